The molecule has 2 aliphatic rings. The Bertz CT molecular complexity index is 1100. The minimum atomic E-state index is -0.390. The maximum atomic E-state index is 12.4. The molecule has 1 aliphatic heterocycles. The summed E-state index contributed by atoms with van der Waals surface area (Å²) in [6, 6.07) is 8.05. The Morgan fingerprint density at radius 1 is 1.21 bits per heavy atom. The lowest BCUT2D eigenvalue weighted by molar-refractivity contribution is 0.0920. The number of aliphatic hydroxyl groups is 1. The first-order valence-electron chi connectivity index (χ1n) is 10.7. The Hall–Kier alpha value is -2.60. The molecule has 29 heavy (non-hydrogen) atoms. The van der Waals surface area contributed by atoms with Crippen LogP contribution in [0.2, 0.25) is 0 Å². The van der Waals surface area contributed by atoms with Gasteiger partial charge in [-0.3, -0.25) is 9.20 Å². The first-order valence-corrected chi connectivity index (χ1v) is 10.7. The van der Waals surface area contributed by atoms with Crippen LogP contribution in [0.5, 0.6) is 0 Å². The summed E-state index contributed by atoms with van der Waals surface area (Å²) in [6.45, 7) is 4.23. The average Bonchev–Trinajstić information content (AvgIpc) is 3.36. The fourth-order valence-corrected chi connectivity index (χ4v) is 5.35. The summed E-state index contributed by atoms with van der Waals surface area (Å²) in [6.07, 6.45) is 5.82. The van der Waals surface area contributed by atoms with Crippen LogP contribution in [0.15, 0.2) is 24.3 Å². The van der Waals surface area contributed by atoms with Gasteiger partial charge in [0.2, 0.25) is 0 Å². The summed E-state index contributed by atoms with van der Waals surface area (Å²) >= 11 is 0. The molecule has 3 N–H and O–H groups in total. The molecule has 0 spiro atoms. The zero-order chi connectivity index (χ0) is 20.2. The molecule has 1 amide bonds. The third-order valence-electron chi connectivity index (χ3n) is 7.24. The number of pyridine rings is 1. The number of aromatic nitrogens is 2. The largest absolute Gasteiger partial charge is 0.396 e. The predicted octanol–water partition coefficient (Wildman–Crippen LogP) is 3.06. The van der Waals surface area contributed by atoms with Crippen LogP contribution >= 0.6 is 0 Å². The summed E-state index contributed by atoms with van der Waals surface area (Å²) < 4.78 is 2.16. The second-order valence-electron chi connectivity index (χ2n) is 8.63. The van der Waals surface area contributed by atoms with Crippen molar-refractivity contribution < 1.29 is 9.90 Å². The number of hydrogen-bond acceptors (Lipinski definition) is 4. The van der Waals surface area contributed by atoms with Crippen molar-refractivity contribution in [1.29, 1.82) is 0 Å². The Morgan fingerprint density at radius 2 is 1.93 bits per heavy atom. The maximum absolute atomic E-state index is 12.4. The first-order chi connectivity index (χ1) is 14.1. The summed E-state index contributed by atoms with van der Waals surface area (Å²) in [5.41, 5.74) is 11.4. The average molecular weight is 393 g/mol. The van der Waals surface area contributed by atoms with Crippen LogP contribution in [0.4, 0.5) is 5.82 Å². The SMILES string of the molecule is CCC1(CO)CCN(c2c3c(c(C(N)=O)c4nc5ccccc5n24)CCC3)CC1. The summed E-state index contributed by atoms with van der Waals surface area (Å²) in [5.74, 6) is 0.785. The molecular formula is C23H28N4O2. The maximum Gasteiger partial charge on any atom is 0.252 e. The number of anilines is 1. The van der Waals surface area contributed by atoms with Gasteiger partial charge in [-0.05, 0) is 67.2 Å². The van der Waals surface area contributed by atoms with Crippen LogP contribution in [0.25, 0.3) is 16.7 Å². The monoisotopic (exact) mass is 392 g/mol. The number of para-hydroxylation sites is 2. The Morgan fingerprint density at radius 3 is 2.62 bits per heavy atom. The van der Waals surface area contributed by atoms with Crippen LogP contribution < -0.4 is 10.6 Å². The van der Waals surface area contributed by atoms with Gasteiger partial charge in [-0.25, -0.2) is 4.98 Å². The van der Waals surface area contributed by atoms with Crippen molar-refractivity contribution in [3.05, 3.63) is 41.0 Å². The number of nitrogens with zero attached hydrogens (tertiary/aromatic N) is 3. The van der Waals surface area contributed by atoms with Crippen molar-refractivity contribution in [2.45, 2.75) is 45.4 Å². The van der Waals surface area contributed by atoms with E-state index in [1.165, 1.54) is 11.4 Å². The molecule has 0 bridgehead atoms. The Balaban J connectivity index is 1.76. The van der Waals surface area contributed by atoms with Crippen molar-refractivity contribution >= 4 is 28.4 Å². The highest BCUT2D eigenvalue weighted by Crippen LogP contribution is 2.42. The standard InChI is InChI=1S/C23H28N4O2/c1-2-23(14-28)10-12-26(13-11-23)22-16-7-5-6-15(16)19(20(24)29)21-25-17-8-3-4-9-18(17)27(21)22/h3-4,8-9,28H,2,5-7,10-14H2,1H3,(H2,24,29). The molecular weight excluding hydrogens is 364 g/mol. The minimum absolute atomic E-state index is 0.0307. The fraction of sp³-hybridized carbons (Fsp3) is 0.478. The quantitative estimate of drug-likeness (QED) is 0.715. The molecule has 0 saturated carbocycles. The van der Waals surface area contributed by atoms with E-state index >= 15 is 0 Å². The van der Waals surface area contributed by atoms with E-state index in [4.69, 9.17) is 10.7 Å². The Kier molecular flexibility index (Phi) is 4.28. The number of nitrogens with two attached hydrogens (primary N) is 1. The van der Waals surface area contributed by atoms with Gasteiger partial charge in [-0.2, -0.15) is 0 Å². The van der Waals surface area contributed by atoms with Crippen molar-refractivity contribution in [3.8, 4) is 0 Å². The van der Waals surface area contributed by atoms with Gasteiger partial charge in [0.1, 0.15) is 5.82 Å². The lowest BCUT2D eigenvalue weighted by atomic mass is 9.77. The molecule has 2 aromatic heterocycles. The predicted molar refractivity (Wildman–Crippen MR) is 114 cm³/mol. The minimum Gasteiger partial charge on any atom is -0.396 e. The molecule has 0 unspecified atom stereocenters. The number of piperidine rings is 1. The van der Waals surface area contributed by atoms with Crippen molar-refractivity contribution in [2.24, 2.45) is 11.1 Å². The molecule has 5 rings (SSSR count). The van der Waals surface area contributed by atoms with Gasteiger partial charge in [0.15, 0.2) is 5.65 Å². The lowest BCUT2D eigenvalue weighted by Crippen LogP contribution is -2.43. The second kappa shape index (κ2) is 6.73. The number of imidazole rings is 1. The number of rotatable bonds is 4. The van der Waals surface area contributed by atoms with Crippen molar-refractivity contribution in [3.63, 3.8) is 0 Å². The highest BCUT2D eigenvalue weighted by molar-refractivity contribution is 6.03. The lowest BCUT2D eigenvalue weighted by Gasteiger charge is -2.42. The van der Waals surface area contributed by atoms with E-state index in [0.29, 0.717) is 11.2 Å². The third-order valence-corrected chi connectivity index (χ3v) is 7.24. The van der Waals surface area contributed by atoms with Gasteiger partial charge in [0.25, 0.3) is 5.91 Å². The fourth-order valence-electron chi connectivity index (χ4n) is 5.35. The summed E-state index contributed by atoms with van der Waals surface area (Å²) in [5, 5.41) is 9.95. The molecule has 6 heteroatoms. The van der Waals surface area contributed by atoms with Crippen LogP contribution in [-0.4, -0.2) is 40.1 Å². The van der Waals surface area contributed by atoms with Gasteiger partial charge in [-0.1, -0.05) is 19.1 Å². The van der Waals surface area contributed by atoms with Crippen molar-refractivity contribution in [1.82, 2.24) is 9.38 Å². The molecule has 6 nitrogen and oxygen atoms in total. The number of aliphatic hydroxyl groups excluding tert-OH is 1. The van der Waals surface area contributed by atoms with Crippen LogP contribution in [-0.2, 0) is 12.8 Å². The Labute approximate surface area is 170 Å². The molecule has 0 radical (unpaired) electrons. The van der Waals surface area contributed by atoms with Crippen LogP contribution in [0, 0.1) is 5.41 Å². The highest BCUT2D eigenvalue weighted by atomic mass is 16.3. The summed E-state index contributed by atoms with van der Waals surface area (Å²) in [4.78, 5) is 19.7. The smallest absolute Gasteiger partial charge is 0.252 e. The summed E-state index contributed by atoms with van der Waals surface area (Å²) in [7, 11) is 0. The van der Waals surface area contributed by atoms with E-state index in [9.17, 15) is 9.90 Å². The van der Waals surface area contributed by atoms with E-state index in [1.807, 2.05) is 18.2 Å². The molecule has 1 fully saturated rings. The van der Waals surface area contributed by atoms with E-state index in [2.05, 4.69) is 22.3 Å². The van der Waals surface area contributed by atoms with E-state index in [-0.39, 0.29) is 17.9 Å². The van der Waals surface area contributed by atoms with Gasteiger partial charge in [0, 0.05) is 19.7 Å². The number of carbonyl (C=O) groups is 1. The number of benzene rings is 1. The number of hydrogen-bond donors (Lipinski definition) is 2. The van der Waals surface area contributed by atoms with Gasteiger partial charge >= 0.3 is 0 Å². The van der Waals surface area contributed by atoms with Gasteiger partial charge < -0.3 is 15.7 Å². The van der Waals surface area contributed by atoms with E-state index < -0.39 is 0 Å². The van der Waals surface area contributed by atoms with E-state index in [0.717, 1.165) is 68.2 Å². The molecule has 1 aliphatic carbocycles. The number of primary amides is 1. The first kappa shape index (κ1) is 18.4. The number of fused-ring (bicyclic) bond motifs is 4. The molecule has 0 atom stereocenters. The third kappa shape index (κ3) is 2.65. The number of amides is 1. The zero-order valence-corrected chi connectivity index (χ0v) is 16.9. The zero-order valence-electron chi connectivity index (χ0n) is 16.9. The van der Waals surface area contributed by atoms with Gasteiger partial charge in [-0.15, -0.1) is 0 Å². The topological polar surface area (TPSA) is 83.9 Å². The van der Waals surface area contributed by atoms with Gasteiger partial charge in [0.05, 0.1) is 16.6 Å². The van der Waals surface area contributed by atoms with Crippen molar-refractivity contribution in [2.75, 3.05) is 24.6 Å². The molecule has 3 heterocycles. The molecule has 152 valence electrons. The molecule has 3 aromatic rings. The highest BCUT2D eigenvalue weighted by Gasteiger charge is 2.36. The normalized spacial score (nSPS) is 18.5. The molecule has 1 saturated heterocycles. The van der Waals surface area contributed by atoms with E-state index in [1.54, 1.807) is 0 Å². The molecule has 1 aromatic carbocycles. The van der Waals surface area contributed by atoms with Crippen LogP contribution in [0.1, 0.15) is 54.1 Å². The second-order valence-corrected chi connectivity index (χ2v) is 8.63. The van der Waals surface area contributed by atoms with Crippen LogP contribution in [0.3, 0.4) is 0 Å². The number of carbonyl (C=O) groups excluding carboxylic acids is 1.